The lowest BCUT2D eigenvalue weighted by molar-refractivity contribution is 0.0931. The van der Waals surface area contributed by atoms with Crippen LogP contribution in [0.25, 0.3) is 0 Å². The minimum Gasteiger partial charge on any atom is -0.378 e. The van der Waals surface area contributed by atoms with Crippen LogP contribution in [0.15, 0.2) is 41.3 Å². The summed E-state index contributed by atoms with van der Waals surface area (Å²) in [6.45, 7) is 2.66. The molecule has 0 bridgehead atoms. The predicted octanol–water partition coefficient (Wildman–Crippen LogP) is 2.39. The number of pyridine rings is 1. The molecule has 1 aliphatic rings. The topological polar surface area (TPSA) is 77.4 Å². The highest BCUT2D eigenvalue weighted by atomic mass is 19.1. The quantitative estimate of drug-likeness (QED) is 0.707. The SMILES string of the molecule is CCO[C@H]1C[C@@H]1CC(=O)c1cc(C(=O)NC)c(=O)n(Cc2ccc(F)cc2)c1. The first-order valence-electron chi connectivity index (χ1n) is 9.28. The average Bonchev–Trinajstić information content (AvgIpc) is 3.42. The van der Waals surface area contributed by atoms with Gasteiger partial charge in [0.25, 0.3) is 11.5 Å². The molecule has 1 aromatic carbocycles. The Hall–Kier alpha value is -2.80. The van der Waals surface area contributed by atoms with Crippen LogP contribution in [0.2, 0.25) is 0 Å². The van der Waals surface area contributed by atoms with Crippen LogP contribution in [0.3, 0.4) is 0 Å². The number of carbonyl (C=O) groups is 2. The Kier molecular flexibility index (Phi) is 6.04. The van der Waals surface area contributed by atoms with Crippen LogP contribution in [0, 0.1) is 11.7 Å². The molecule has 1 saturated carbocycles. The van der Waals surface area contributed by atoms with E-state index in [9.17, 15) is 18.8 Å². The third-order valence-corrected chi connectivity index (χ3v) is 4.83. The van der Waals surface area contributed by atoms with Crippen molar-refractivity contribution in [3.63, 3.8) is 0 Å². The summed E-state index contributed by atoms with van der Waals surface area (Å²) < 4.78 is 20.0. The lowest BCUT2D eigenvalue weighted by atomic mass is 10.0. The van der Waals surface area contributed by atoms with E-state index >= 15 is 0 Å². The van der Waals surface area contributed by atoms with Gasteiger partial charge in [-0.2, -0.15) is 0 Å². The van der Waals surface area contributed by atoms with Crippen LogP contribution in [-0.2, 0) is 11.3 Å². The molecule has 0 radical (unpaired) electrons. The largest absolute Gasteiger partial charge is 0.378 e. The molecule has 0 aliphatic heterocycles. The van der Waals surface area contributed by atoms with Crippen LogP contribution in [0.1, 0.15) is 46.0 Å². The lowest BCUT2D eigenvalue weighted by Gasteiger charge is -2.11. The molecule has 1 N–H and O–H groups in total. The number of Topliss-reactive ketones (excluding diaryl/α,β-unsaturated/α-hetero) is 1. The molecular weight excluding hydrogens is 363 g/mol. The van der Waals surface area contributed by atoms with Crippen molar-refractivity contribution < 1.29 is 18.7 Å². The maximum Gasteiger partial charge on any atom is 0.263 e. The number of amides is 1. The molecule has 0 spiro atoms. The summed E-state index contributed by atoms with van der Waals surface area (Å²) in [5.74, 6) is -0.885. The van der Waals surface area contributed by atoms with Gasteiger partial charge in [0, 0.05) is 31.8 Å². The molecule has 0 saturated heterocycles. The van der Waals surface area contributed by atoms with Gasteiger partial charge < -0.3 is 14.6 Å². The fourth-order valence-electron chi connectivity index (χ4n) is 3.20. The number of ketones is 1. The smallest absolute Gasteiger partial charge is 0.263 e. The third kappa shape index (κ3) is 4.54. The second kappa shape index (κ2) is 8.48. The van der Waals surface area contributed by atoms with Gasteiger partial charge in [-0.05, 0) is 43.0 Å². The van der Waals surface area contributed by atoms with Crippen molar-refractivity contribution >= 4 is 11.7 Å². The van der Waals surface area contributed by atoms with E-state index in [2.05, 4.69) is 5.32 Å². The first-order chi connectivity index (χ1) is 13.4. The normalized spacial score (nSPS) is 18.0. The van der Waals surface area contributed by atoms with Gasteiger partial charge >= 0.3 is 0 Å². The minimum atomic E-state index is -0.550. The molecule has 1 fully saturated rings. The van der Waals surface area contributed by atoms with Gasteiger partial charge in [-0.15, -0.1) is 0 Å². The van der Waals surface area contributed by atoms with Crippen molar-refractivity contribution in [3.05, 3.63) is 69.4 Å². The highest BCUT2D eigenvalue weighted by molar-refractivity contribution is 6.00. The number of ether oxygens (including phenoxy) is 1. The molecule has 1 heterocycles. The summed E-state index contributed by atoms with van der Waals surface area (Å²) in [7, 11) is 1.43. The maximum atomic E-state index is 13.1. The van der Waals surface area contributed by atoms with Crippen molar-refractivity contribution in [1.29, 1.82) is 0 Å². The Morgan fingerprint density at radius 2 is 2.00 bits per heavy atom. The minimum absolute atomic E-state index is 0.0902. The molecule has 1 amide bonds. The number of benzene rings is 1. The standard InChI is InChI=1S/C21H23FN2O4/c1-3-28-19-10-14(19)9-18(25)15-8-17(20(26)23-2)21(27)24(12-15)11-13-4-6-16(22)7-5-13/h4-8,12,14,19H,3,9-11H2,1-2H3,(H,23,26)/t14-,19-/m0/s1. The van der Waals surface area contributed by atoms with E-state index in [4.69, 9.17) is 4.74 Å². The van der Waals surface area contributed by atoms with Crippen molar-refractivity contribution in [2.75, 3.05) is 13.7 Å². The van der Waals surface area contributed by atoms with Crippen LogP contribution in [0.5, 0.6) is 0 Å². The van der Waals surface area contributed by atoms with Gasteiger partial charge in [-0.3, -0.25) is 14.4 Å². The first kappa shape index (κ1) is 19.9. The molecule has 0 unspecified atom stereocenters. The molecule has 1 aromatic heterocycles. The van der Waals surface area contributed by atoms with E-state index in [-0.39, 0.29) is 35.7 Å². The van der Waals surface area contributed by atoms with Gasteiger partial charge in [0.15, 0.2) is 5.78 Å². The van der Waals surface area contributed by atoms with Crippen LogP contribution < -0.4 is 10.9 Å². The van der Waals surface area contributed by atoms with E-state index in [0.717, 1.165) is 6.42 Å². The monoisotopic (exact) mass is 386 g/mol. The van der Waals surface area contributed by atoms with E-state index in [1.807, 2.05) is 6.92 Å². The Morgan fingerprint density at radius 3 is 2.64 bits per heavy atom. The van der Waals surface area contributed by atoms with Gasteiger partial charge in [0.1, 0.15) is 11.4 Å². The zero-order chi connectivity index (χ0) is 20.3. The molecule has 28 heavy (non-hydrogen) atoms. The molecule has 2 aromatic rings. The fraction of sp³-hybridized carbons (Fsp3) is 0.381. The van der Waals surface area contributed by atoms with E-state index in [0.29, 0.717) is 24.2 Å². The fourth-order valence-corrected chi connectivity index (χ4v) is 3.20. The second-order valence-corrected chi connectivity index (χ2v) is 6.90. The molecule has 148 valence electrons. The zero-order valence-electron chi connectivity index (χ0n) is 15.9. The maximum absolute atomic E-state index is 13.1. The van der Waals surface area contributed by atoms with E-state index in [1.54, 1.807) is 12.1 Å². The lowest BCUT2D eigenvalue weighted by Crippen LogP contribution is -2.32. The number of nitrogens with one attached hydrogen (secondary N) is 1. The zero-order valence-corrected chi connectivity index (χ0v) is 15.9. The van der Waals surface area contributed by atoms with Crippen molar-refractivity contribution in [2.24, 2.45) is 5.92 Å². The van der Waals surface area contributed by atoms with E-state index in [1.165, 1.54) is 36.0 Å². The highest BCUT2D eigenvalue weighted by Gasteiger charge is 2.39. The average molecular weight is 386 g/mol. The summed E-state index contributed by atoms with van der Waals surface area (Å²) in [6, 6.07) is 7.08. The van der Waals surface area contributed by atoms with Crippen molar-refractivity contribution in [2.45, 2.75) is 32.4 Å². The Labute approximate surface area is 162 Å². The Bertz CT molecular complexity index is 936. The number of rotatable bonds is 8. The van der Waals surface area contributed by atoms with Crippen molar-refractivity contribution in [3.8, 4) is 0 Å². The summed E-state index contributed by atoms with van der Waals surface area (Å²) in [5.41, 5.74) is 0.406. The summed E-state index contributed by atoms with van der Waals surface area (Å²) in [6.07, 6.45) is 2.74. The number of hydrogen-bond acceptors (Lipinski definition) is 4. The predicted molar refractivity (Wildman–Crippen MR) is 102 cm³/mol. The molecule has 6 nitrogen and oxygen atoms in total. The van der Waals surface area contributed by atoms with Gasteiger partial charge in [0.2, 0.25) is 0 Å². The highest BCUT2D eigenvalue weighted by Crippen LogP contribution is 2.37. The van der Waals surface area contributed by atoms with Gasteiger partial charge in [-0.1, -0.05) is 12.1 Å². The molecule has 7 heteroatoms. The van der Waals surface area contributed by atoms with Crippen LogP contribution in [0.4, 0.5) is 4.39 Å². The molecular formula is C21H23FN2O4. The number of halogens is 1. The molecule has 3 rings (SSSR count). The van der Waals surface area contributed by atoms with Crippen molar-refractivity contribution in [1.82, 2.24) is 9.88 Å². The van der Waals surface area contributed by atoms with Gasteiger partial charge in [0.05, 0.1) is 12.6 Å². The molecule has 2 atom stereocenters. The third-order valence-electron chi connectivity index (χ3n) is 4.83. The summed E-state index contributed by atoms with van der Waals surface area (Å²) in [4.78, 5) is 37.5. The Balaban J connectivity index is 1.89. The summed E-state index contributed by atoms with van der Waals surface area (Å²) in [5, 5.41) is 2.43. The summed E-state index contributed by atoms with van der Waals surface area (Å²) >= 11 is 0. The number of aromatic nitrogens is 1. The molecule has 1 aliphatic carbocycles. The van der Waals surface area contributed by atoms with Gasteiger partial charge in [-0.25, -0.2) is 4.39 Å². The first-order valence-corrected chi connectivity index (χ1v) is 9.28. The number of hydrogen-bond donors (Lipinski definition) is 1. The van der Waals surface area contributed by atoms with E-state index < -0.39 is 11.5 Å². The van der Waals surface area contributed by atoms with Crippen LogP contribution >= 0.6 is 0 Å². The number of carbonyl (C=O) groups excluding carboxylic acids is 2. The van der Waals surface area contributed by atoms with Crippen LogP contribution in [-0.4, -0.2) is 36.0 Å². The Morgan fingerprint density at radius 1 is 1.29 bits per heavy atom. The number of nitrogens with zero attached hydrogens (tertiary/aromatic N) is 1. The second-order valence-electron chi connectivity index (χ2n) is 6.90.